The van der Waals surface area contributed by atoms with E-state index in [0.29, 0.717) is 23.8 Å². The molecule has 1 saturated heterocycles. The third kappa shape index (κ3) is 5.89. The second kappa shape index (κ2) is 9.68. The van der Waals surface area contributed by atoms with Crippen molar-refractivity contribution in [3.63, 3.8) is 0 Å². The van der Waals surface area contributed by atoms with Gasteiger partial charge in [0.2, 0.25) is 0 Å². The highest BCUT2D eigenvalue weighted by atomic mass is 16.5. The molecule has 0 spiro atoms. The van der Waals surface area contributed by atoms with Crippen molar-refractivity contribution < 1.29 is 9.84 Å². The highest BCUT2D eigenvalue weighted by molar-refractivity contribution is 5.40. The van der Waals surface area contributed by atoms with Gasteiger partial charge in [-0.2, -0.15) is 5.26 Å². The number of nitrogens with zero attached hydrogens (tertiary/aromatic N) is 5. The number of benzene rings is 1. The first-order valence-electron chi connectivity index (χ1n) is 10.1. The molecule has 1 N–H and O–H groups in total. The van der Waals surface area contributed by atoms with E-state index in [1.807, 2.05) is 13.0 Å². The van der Waals surface area contributed by atoms with Crippen molar-refractivity contribution in [3.05, 3.63) is 47.4 Å². The Morgan fingerprint density at radius 1 is 1.14 bits per heavy atom. The first kappa shape index (κ1) is 21.0. The number of aliphatic hydroxyl groups is 1. The first-order chi connectivity index (χ1) is 13.9. The highest BCUT2D eigenvalue weighted by Gasteiger charge is 2.21. The van der Waals surface area contributed by atoms with E-state index in [1.54, 1.807) is 24.3 Å². The second-order valence-corrected chi connectivity index (χ2v) is 7.77. The summed E-state index contributed by atoms with van der Waals surface area (Å²) in [5, 5.41) is 19.2. The van der Waals surface area contributed by atoms with Crippen LogP contribution in [0.15, 0.2) is 30.3 Å². The summed E-state index contributed by atoms with van der Waals surface area (Å²) in [7, 11) is 0. The SMILES string of the molecule is Cc1cc(N2CCN(CC(O)COc3ccc(C#N)cc3)CC2)nc(C(C)C)n1. The molecular formula is C22H29N5O2. The standard InChI is InChI=1S/C22H29N5O2/c1-16(2)22-24-17(3)12-21(25-22)27-10-8-26(9-11-27)14-19(28)15-29-20-6-4-18(13-23)5-7-20/h4-7,12,16,19,28H,8-11,14-15H2,1-3H3. The second-order valence-electron chi connectivity index (χ2n) is 7.77. The summed E-state index contributed by atoms with van der Waals surface area (Å²) in [5.74, 6) is 2.84. The van der Waals surface area contributed by atoms with Crippen LogP contribution in [0.3, 0.4) is 0 Å². The molecule has 0 aliphatic carbocycles. The third-order valence-electron chi connectivity index (χ3n) is 4.97. The van der Waals surface area contributed by atoms with Gasteiger partial charge in [0.05, 0.1) is 11.6 Å². The lowest BCUT2D eigenvalue weighted by Gasteiger charge is -2.36. The minimum absolute atomic E-state index is 0.231. The molecule has 1 atom stereocenters. The van der Waals surface area contributed by atoms with Crippen molar-refractivity contribution >= 4 is 5.82 Å². The van der Waals surface area contributed by atoms with E-state index < -0.39 is 6.10 Å². The number of hydrogen-bond donors (Lipinski definition) is 1. The fourth-order valence-electron chi connectivity index (χ4n) is 3.32. The van der Waals surface area contributed by atoms with Crippen molar-refractivity contribution in [1.82, 2.24) is 14.9 Å². The summed E-state index contributed by atoms with van der Waals surface area (Å²) in [6, 6.07) is 11.0. The number of hydrogen-bond acceptors (Lipinski definition) is 7. The molecule has 2 aromatic rings. The van der Waals surface area contributed by atoms with Crippen LogP contribution in [0.5, 0.6) is 5.75 Å². The Morgan fingerprint density at radius 3 is 2.45 bits per heavy atom. The number of anilines is 1. The Morgan fingerprint density at radius 2 is 1.83 bits per heavy atom. The lowest BCUT2D eigenvalue weighted by Crippen LogP contribution is -2.49. The maximum Gasteiger partial charge on any atom is 0.133 e. The molecular weight excluding hydrogens is 366 g/mol. The monoisotopic (exact) mass is 395 g/mol. The topological polar surface area (TPSA) is 85.5 Å². The van der Waals surface area contributed by atoms with E-state index in [9.17, 15) is 5.11 Å². The number of aromatic nitrogens is 2. The molecule has 1 aliphatic rings. The predicted octanol–water partition coefficient (Wildman–Crippen LogP) is 2.34. The molecule has 1 unspecified atom stereocenters. The molecule has 0 radical (unpaired) electrons. The summed E-state index contributed by atoms with van der Waals surface area (Å²) in [5.41, 5.74) is 1.59. The minimum Gasteiger partial charge on any atom is -0.491 e. The number of piperazine rings is 1. The van der Waals surface area contributed by atoms with Crippen molar-refractivity contribution in [3.8, 4) is 11.8 Å². The Balaban J connectivity index is 1.46. The summed E-state index contributed by atoms with van der Waals surface area (Å²) < 4.78 is 5.63. The molecule has 7 heteroatoms. The van der Waals surface area contributed by atoms with Crippen LogP contribution in [0, 0.1) is 18.3 Å². The molecule has 1 fully saturated rings. The van der Waals surface area contributed by atoms with E-state index in [1.165, 1.54) is 0 Å². The Labute approximate surface area is 172 Å². The lowest BCUT2D eigenvalue weighted by molar-refractivity contribution is 0.0662. The summed E-state index contributed by atoms with van der Waals surface area (Å²) in [6.07, 6.45) is -0.564. The lowest BCUT2D eigenvalue weighted by atomic mass is 10.2. The quantitative estimate of drug-likeness (QED) is 0.770. The van der Waals surface area contributed by atoms with Crippen molar-refractivity contribution in [2.75, 3.05) is 44.2 Å². The zero-order chi connectivity index (χ0) is 20.8. The molecule has 29 heavy (non-hydrogen) atoms. The summed E-state index contributed by atoms with van der Waals surface area (Å²) in [6.45, 7) is 10.5. The van der Waals surface area contributed by atoms with Crippen LogP contribution in [0.2, 0.25) is 0 Å². The van der Waals surface area contributed by atoms with Gasteiger partial charge >= 0.3 is 0 Å². The fourth-order valence-corrected chi connectivity index (χ4v) is 3.32. The number of rotatable bonds is 7. The molecule has 1 aromatic heterocycles. The highest BCUT2D eigenvalue weighted by Crippen LogP contribution is 2.19. The summed E-state index contributed by atoms with van der Waals surface area (Å²) >= 11 is 0. The van der Waals surface area contributed by atoms with Crippen molar-refractivity contribution in [2.24, 2.45) is 0 Å². The molecule has 1 aromatic carbocycles. The zero-order valence-electron chi connectivity index (χ0n) is 17.4. The normalized spacial score (nSPS) is 15.9. The molecule has 154 valence electrons. The van der Waals surface area contributed by atoms with E-state index >= 15 is 0 Å². The van der Waals surface area contributed by atoms with E-state index in [0.717, 1.165) is 43.5 Å². The van der Waals surface area contributed by atoms with E-state index in [2.05, 4.69) is 34.7 Å². The summed E-state index contributed by atoms with van der Waals surface area (Å²) in [4.78, 5) is 13.8. The number of aryl methyl sites for hydroxylation is 1. The van der Waals surface area contributed by atoms with E-state index in [-0.39, 0.29) is 6.61 Å². The van der Waals surface area contributed by atoms with Crippen LogP contribution in [0.25, 0.3) is 0 Å². The number of nitriles is 1. The van der Waals surface area contributed by atoms with Crippen LogP contribution >= 0.6 is 0 Å². The largest absolute Gasteiger partial charge is 0.491 e. The molecule has 2 heterocycles. The van der Waals surface area contributed by atoms with Crippen LogP contribution < -0.4 is 9.64 Å². The van der Waals surface area contributed by atoms with Crippen LogP contribution in [-0.2, 0) is 0 Å². The molecule has 0 amide bonds. The molecule has 0 bridgehead atoms. The van der Waals surface area contributed by atoms with Gasteiger partial charge in [-0.05, 0) is 31.2 Å². The molecule has 3 rings (SSSR count). The van der Waals surface area contributed by atoms with Crippen LogP contribution in [0.4, 0.5) is 5.82 Å². The Hall–Kier alpha value is -2.69. The van der Waals surface area contributed by atoms with Crippen LogP contribution in [0.1, 0.15) is 36.8 Å². The van der Waals surface area contributed by atoms with Crippen molar-refractivity contribution in [2.45, 2.75) is 32.8 Å². The number of ether oxygens (including phenoxy) is 1. The van der Waals surface area contributed by atoms with Gasteiger partial charge in [0.25, 0.3) is 0 Å². The maximum atomic E-state index is 10.3. The smallest absolute Gasteiger partial charge is 0.133 e. The van der Waals surface area contributed by atoms with Gasteiger partial charge in [-0.15, -0.1) is 0 Å². The number of aliphatic hydroxyl groups excluding tert-OH is 1. The fraction of sp³-hybridized carbons (Fsp3) is 0.500. The molecule has 0 saturated carbocycles. The molecule has 1 aliphatic heterocycles. The van der Waals surface area contributed by atoms with Gasteiger partial charge < -0.3 is 14.7 Å². The molecule has 7 nitrogen and oxygen atoms in total. The minimum atomic E-state index is -0.564. The Bertz CT molecular complexity index is 839. The Kier molecular flexibility index (Phi) is 7.02. The third-order valence-corrected chi connectivity index (χ3v) is 4.97. The van der Waals surface area contributed by atoms with Gasteiger partial charge in [0.1, 0.15) is 30.1 Å². The average Bonchev–Trinajstić information content (AvgIpc) is 2.72. The van der Waals surface area contributed by atoms with Crippen molar-refractivity contribution in [1.29, 1.82) is 5.26 Å². The zero-order valence-corrected chi connectivity index (χ0v) is 17.4. The van der Waals surface area contributed by atoms with Gasteiger partial charge in [0.15, 0.2) is 0 Å². The number of β-amino-alcohol motifs (C(OH)–C–C–N with tert-alkyl or cyclic N) is 1. The van der Waals surface area contributed by atoms with Crippen LogP contribution in [-0.4, -0.2) is 65.4 Å². The van der Waals surface area contributed by atoms with Gasteiger partial charge in [-0.1, -0.05) is 13.8 Å². The predicted molar refractivity (Wildman–Crippen MR) is 112 cm³/mol. The van der Waals surface area contributed by atoms with Gasteiger partial charge in [-0.3, -0.25) is 4.90 Å². The van der Waals surface area contributed by atoms with Gasteiger partial charge in [-0.25, -0.2) is 9.97 Å². The first-order valence-corrected chi connectivity index (χ1v) is 10.1. The van der Waals surface area contributed by atoms with E-state index in [4.69, 9.17) is 15.0 Å². The average molecular weight is 396 g/mol. The van der Waals surface area contributed by atoms with Gasteiger partial charge in [0, 0.05) is 50.4 Å². The maximum absolute atomic E-state index is 10.3.